The first-order valence-electron chi connectivity index (χ1n) is 8.35. The summed E-state index contributed by atoms with van der Waals surface area (Å²) in [6, 6.07) is 9.44. The molecule has 0 unspecified atom stereocenters. The Hall–Kier alpha value is -2.76. The first kappa shape index (κ1) is 17.1. The van der Waals surface area contributed by atoms with Gasteiger partial charge in [0.2, 0.25) is 5.91 Å². The number of carbonyl (C=O) groups is 2. The van der Waals surface area contributed by atoms with Gasteiger partial charge in [-0.05, 0) is 42.7 Å². The maximum absolute atomic E-state index is 13.5. The van der Waals surface area contributed by atoms with E-state index in [1.807, 2.05) is 6.07 Å². The molecular formula is C19H20FN3O2. The Morgan fingerprint density at radius 1 is 1.28 bits per heavy atom. The van der Waals surface area contributed by atoms with Crippen molar-refractivity contribution < 1.29 is 14.0 Å². The monoisotopic (exact) mass is 341 g/mol. The van der Waals surface area contributed by atoms with Crippen LogP contribution in [0.5, 0.6) is 0 Å². The van der Waals surface area contributed by atoms with Crippen LogP contribution in [0.2, 0.25) is 0 Å². The normalized spacial score (nSPS) is 15.2. The number of halogens is 1. The van der Waals surface area contributed by atoms with Crippen molar-refractivity contribution in [1.82, 2.24) is 15.2 Å². The lowest BCUT2D eigenvalue weighted by atomic mass is 10.0. The fourth-order valence-electron chi connectivity index (χ4n) is 3.10. The number of likely N-dealkylation sites (tertiary alicyclic amines) is 1. The van der Waals surface area contributed by atoms with Gasteiger partial charge in [0.25, 0.3) is 5.91 Å². The Morgan fingerprint density at radius 3 is 2.76 bits per heavy atom. The average Bonchev–Trinajstić information content (AvgIpc) is 3.05. The van der Waals surface area contributed by atoms with E-state index in [1.165, 1.54) is 12.1 Å². The maximum Gasteiger partial charge on any atom is 0.251 e. The van der Waals surface area contributed by atoms with Crippen molar-refractivity contribution in [2.24, 2.45) is 0 Å². The molecule has 130 valence electrons. The van der Waals surface area contributed by atoms with Gasteiger partial charge >= 0.3 is 0 Å². The zero-order chi connectivity index (χ0) is 17.6. The molecule has 1 fully saturated rings. The molecule has 1 N–H and O–H groups in total. The van der Waals surface area contributed by atoms with Gasteiger partial charge in [-0.25, -0.2) is 4.39 Å². The van der Waals surface area contributed by atoms with Crippen molar-refractivity contribution in [3.05, 3.63) is 65.7 Å². The minimum atomic E-state index is -0.301. The second-order valence-corrected chi connectivity index (χ2v) is 6.12. The number of nitrogens with zero attached hydrogens (tertiary/aromatic N) is 2. The summed E-state index contributed by atoms with van der Waals surface area (Å²) < 4.78 is 13.5. The van der Waals surface area contributed by atoms with Crippen molar-refractivity contribution >= 4 is 11.8 Å². The minimum absolute atomic E-state index is 0.0829. The van der Waals surface area contributed by atoms with Crippen LogP contribution in [0.25, 0.3) is 0 Å². The van der Waals surface area contributed by atoms with Crippen molar-refractivity contribution in [2.75, 3.05) is 13.1 Å². The van der Waals surface area contributed by atoms with E-state index in [4.69, 9.17) is 0 Å². The van der Waals surface area contributed by atoms with Gasteiger partial charge < -0.3 is 10.2 Å². The van der Waals surface area contributed by atoms with E-state index in [1.54, 1.807) is 35.5 Å². The lowest BCUT2D eigenvalue weighted by molar-refractivity contribution is -0.129. The molecule has 2 aromatic rings. The summed E-state index contributed by atoms with van der Waals surface area (Å²) in [5.41, 5.74) is 1.33. The van der Waals surface area contributed by atoms with Crippen molar-refractivity contribution in [3.63, 3.8) is 0 Å². The smallest absolute Gasteiger partial charge is 0.251 e. The van der Waals surface area contributed by atoms with Crippen molar-refractivity contribution in [1.29, 1.82) is 0 Å². The third kappa shape index (κ3) is 4.41. The molecule has 1 aliphatic rings. The Bertz CT molecular complexity index is 751. The lowest BCUT2D eigenvalue weighted by Gasteiger charge is -2.28. The van der Waals surface area contributed by atoms with E-state index in [2.05, 4.69) is 10.3 Å². The van der Waals surface area contributed by atoms with Gasteiger partial charge in [0.15, 0.2) is 0 Å². The highest BCUT2D eigenvalue weighted by molar-refractivity contribution is 5.94. The Kier molecular flexibility index (Phi) is 5.38. The predicted octanol–water partition coefficient (Wildman–Crippen LogP) is 2.18. The third-order valence-electron chi connectivity index (χ3n) is 4.35. The number of rotatable bonds is 6. The maximum atomic E-state index is 13.5. The highest BCUT2D eigenvalue weighted by Crippen LogP contribution is 2.17. The van der Waals surface area contributed by atoms with Crippen molar-refractivity contribution in [2.45, 2.75) is 25.3 Å². The van der Waals surface area contributed by atoms with E-state index in [0.717, 1.165) is 12.0 Å². The Balaban J connectivity index is 1.70. The van der Waals surface area contributed by atoms with Crippen LogP contribution in [0.15, 0.2) is 48.8 Å². The topological polar surface area (TPSA) is 62.3 Å². The summed E-state index contributed by atoms with van der Waals surface area (Å²) in [6.45, 7) is 0.993. The summed E-state index contributed by atoms with van der Waals surface area (Å²) in [5.74, 6) is -0.428. The van der Waals surface area contributed by atoms with Crippen LogP contribution in [0.3, 0.4) is 0 Å². The molecule has 0 saturated carbocycles. The number of amides is 2. The van der Waals surface area contributed by atoms with Gasteiger partial charge in [-0.1, -0.05) is 12.1 Å². The minimum Gasteiger partial charge on any atom is -0.350 e. The Morgan fingerprint density at radius 2 is 2.08 bits per heavy atom. The van der Waals surface area contributed by atoms with Gasteiger partial charge in [-0.15, -0.1) is 0 Å². The highest BCUT2D eigenvalue weighted by atomic mass is 19.1. The molecule has 3 rings (SSSR count). The lowest BCUT2D eigenvalue weighted by Crippen LogP contribution is -2.45. The quantitative estimate of drug-likeness (QED) is 0.876. The van der Waals surface area contributed by atoms with Gasteiger partial charge in [0.1, 0.15) is 5.82 Å². The molecule has 1 saturated heterocycles. The highest BCUT2D eigenvalue weighted by Gasteiger charge is 2.28. The predicted molar refractivity (Wildman–Crippen MR) is 91.4 cm³/mol. The SMILES string of the molecule is O=C(NC[C@H](Cc1cccc(F)c1)N1CCCC1=O)c1ccncc1. The molecule has 2 heterocycles. The largest absolute Gasteiger partial charge is 0.350 e. The van der Waals surface area contributed by atoms with E-state index >= 15 is 0 Å². The Labute approximate surface area is 145 Å². The molecule has 1 aliphatic heterocycles. The van der Waals surface area contributed by atoms with Crippen LogP contribution in [-0.4, -0.2) is 40.8 Å². The molecule has 0 spiro atoms. The number of nitrogens with one attached hydrogen (secondary N) is 1. The molecule has 1 aromatic heterocycles. The summed E-state index contributed by atoms with van der Waals surface area (Å²) in [4.78, 5) is 30.0. The number of aromatic nitrogens is 1. The third-order valence-corrected chi connectivity index (χ3v) is 4.35. The molecule has 1 atom stereocenters. The zero-order valence-corrected chi connectivity index (χ0v) is 13.8. The first-order valence-corrected chi connectivity index (χ1v) is 8.35. The van der Waals surface area contributed by atoms with Crippen LogP contribution in [-0.2, 0) is 11.2 Å². The van der Waals surface area contributed by atoms with E-state index in [9.17, 15) is 14.0 Å². The first-order chi connectivity index (χ1) is 12.1. The van der Waals surface area contributed by atoms with Gasteiger partial charge in [0, 0.05) is 37.5 Å². The summed E-state index contributed by atoms with van der Waals surface area (Å²) in [5, 5.41) is 2.88. The molecule has 1 aromatic carbocycles. The van der Waals surface area contributed by atoms with Crippen LogP contribution >= 0.6 is 0 Å². The second-order valence-electron chi connectivity index (χ2n) is 6.12. The van der Waals surface area contributed by atoms with Crippen molar-refractivity contribution in [3.8, 4) is 0 Å². The molecular weight excluding hydrogens is 321 g/mol. The molecule has 6 heteroatoms. The zero-order valence-electron chi connectivity index (χ0n) is 13.8. The fraction of sp³-hybridized carbons (Fsp3) is 0.316. The van der Waals surface area contributed by atoms with E-state index in [0.29, 0.717) is 31.5 Å². The number of benzene rings is 1. The average molecular weight is 341 g/mol. The number of pyridine rings is 1. The van der Waals surface area contributed by atoms with E-state index in [-0.39, 0.29) is 23.7 Å². The fourth-order valence-corrected chi connectivity index (χ4v) is 3.10. The molecule has 5 nitrogen and oxygen atoms in total. The number of carbonyl (C=O) groups excluding carboxylic acids is 2. The van der Waals surface area contributed by atoms with Gasteiger partial charge in [-0.2, -0.15) is 0 Å². The number of hydrogen-bond donors (Lipinski definition) is 1. The molecule has 0 aliphatic carbocycles. The summed E-state index contributed by atoms with van der Waals surface area (Å²) in [6.07, 6.45) is 4.96. The number of hydrogen-bond acceptors (Lipinski definition) is 3. The van der Waals surface area contributed by atoms with Gasteiger partial charge in [-0.3, -0.25) is 14.6 Å². The standard InChI is InChI=1S/C19H20FN3O2/c20-16-4-1-3-14(11-16)12-17(23-10-2-5-18(23)24)13-22-19(25)15-6-8-21-9-7-15/h1,3-4,6-9,11,17H,2,5,10,12-13H2,(H,22,25)/t17-/m0/s1. The van der Waals surface area contributed by atoms with Crippen LogP contribution in [0.4, 0.5) is 4.39 Å². The van der Waals surface area contributed by atoms with Crippen LogP contribution < -0.4 is 5.32 Å². The second kappa shape index (κ2) is 7.88. The molecule has 2 amide bonds. The van der Waals surface area contributed by atoms with E-state index < -0.39 is 0 Å². The summed E-state index contributed by atoms with van der Waals surface area (Å²) >= 11 is 0. The summed E-state index contributed by atoms with van der Waals surface area (Å²) in [7, 11) is 0. The van der Waals surface area contributed by atoms with Crippen LogP contribution in [0.1, 0.15) is 28.8 Å². The van der Waals surface area contributed by atoms with Gasteiger partial charge in [0.05, 0.1) is 6.04 Å². The van der Waals surface area contributed by atoms with Crippen LogP contribution in [0, 0.1) is 5.82 Å². The molecule has 0 radical (unpaired) electrons. The molecule has 0 bridgehead atoms. The molecule has 25 heavy (non-hydrogen) atoms.